The van der Waals surface area contributed by atoms with Crippen LogP contribution in [0.1, 0.15) is 37.8 Å². The number of amides is 1. The van der Waals surface area contributed by atoms with Crippen LogP contribution in [0.5, 0.6) is 11.5 Å². The van der Waals surface area contributed by atoms with Crippen molar-refractivity contribution in [2.45, 2.75) is 39.7 Å². The summed E-state index contributed by atoms with van der Waals surface area (Å²) >= 11 is 0. The van der Waals surface area contributed by atoms with Gasteiger partial charge in [0.25, 0.3) is 5.91 Å². The second kappa shape index (κ2) is 9.21. The summed E-state index contributed by atoms with van der Waals surface area (Å²) in [5.41, 5.74) is 3.43. The molecule has 156 valence electrons. The molecule has 1 atom stereocenters. The second-order valence-electron chi connectivity index (χ2n) is 7.97. The van der Waals surface area contributed by atoms with Gasteiger partial charge in [0.1, 0.15) is 11.5 Å². The Kier molecular flexibility index (Phi) is 6.68. The minimum absolute atomic E-state index is 0.0515. The Morgan fingerprint density at radius 3 is 2.21 bits per heavy atom. The normalized spacial score (nSPS) is 15.4. The number of methoxy groups -OCH3 is 1. The Morgan fingerprint density at radius 2 is 1.62 bits per heavy atom. The van der Waals surface area contributed by atoms with Crippen molar-refractivity contribution < 1.29 is 14.3 Å². The van der Waals surface area contributed by atoms with Gasteiger partial charge in [0.2, 0.25) is 0 Å². The SMILES string of the molecule is COc1ccc(N2CCN(C(=O)[C@H](C)Oc3cc(C)ccc3C(C)C)CC2)cc1. The summed E-state index contributed by atoms with van der Waals surface area (Å²) in [6.07, 6.45) is -0.498. The molecule has 29 heavy (non-hydrogen) atoms. The lowest BCUT2D eigenvalue weighted by atomic mass is 10.0. The number of hydrogen-bond acceptors (Lipinski definition) is 4. The molecule has 1 amide bonds. The molecule has 0 unspecified atom stereocenters. The minimum atomic E-state index is -0.498. The average Bonchev–Trinajstić information content (AvgIpc) is 2.73. The second-order valence-corrected chi connectivity index (χ2v) is 7.97. The average molecular weight is 397 g/mol. The molecule has 1 heterocycles. The number of aryl methyl sites for hydroxylation is 1. The van der Waals surface area contributed by atoms with Crippen LogP contribution in [-0.4, -0.2) is 50.2 Å². The van der Waals surface area contributed by atoms with E-state index in [9.17, 15) is 4.79 Å². The predicted octanol–water partition coefficient (Wildman–Crippen LogP) is 4.24. The van der Waals surface area contributed by atoms with E-state index in [1.807, 2.05) is 36.9 Å². The van der Waals surface area contributed by atoms with Crippen LogP contribution in [0.25, 0.3) is 0 Å². The van der Waals surface area contributed by atoms with Crippen LogP contribution in [0.2, 0.25) is 0 Å². The van der Waals surface area contributed by atoms with E-state index in [0.29, 0.717) is 19.0 Å². The zero-order valence-electron chi connectivity index (χ0n) is 18.1. The highest BCUT2D eigenvalue weighted by Gasteiger charge is 2.27. The van der Waals surface area contributed by atoms with Crippen LogP contribution in [0, 0.1) is 6.92 Å². The lowest BCUT2D eigenvalue weighted by Gasteiger charge is -2.37. The zero-order chi connectivity index (χ0) is 21.0. The van der Waals surface area contributed by atoms with Gasteiger partial charge in [-0.3, -0.25) is 4.79 Å². The largest absolute Gasteiger partial charge is 0.497 e. The van der Waals surface area contributed by atoms with Crippen molar-refractivity contribution in [3.8, 4) is 11.5 Å². The molecule has 3 rings (SSSR count). The molecule has 5 heteroatoms. The molecule has 0 aliphatic carbocycles. The highest BCUT2D eigenvalue weighted by molar-refractivity contribution is 5.81. The molecular weight excluding hydrogens is 364 g/mol. The van der Waals surface area contributed by atoms with Gasteiger partial charge >= 0.3 is 0 Å². The van der Waals surface area contributed by atoms with Gasteiger partial charge in [0.05, 0.1) is 7.11 Å². The Hall–Kier alpha value is -2.69. The van der Waals surface area contributed by atoms with Gasteiger partial charge < -0.3 is 19.3 Å². The summed E-state index contributed by atoms with van der Waals surface area (Å²) in [5, 5.41) is 0. The maximum Gasteiger partial charge on any atom is 0.263 e. The first-order valence-electron chi connectivity index (χ1n) is 10.3. The molecular formula is C24H32N2O3. The van der Waals surface area contributed by atoms with Crippen LogP contribution in [0.3, 0.4) is 0 Å². The first-order valence-corrected chi connectivity index (χ1v) is 10.3. The van der Waals surface area contributed by atoms with Gasteiger partial charge in [-0.05, 0) is 61.2 Å². The highest BCUT2D eigenvalue weighted by atomic mass is 16.5. The van der Waals surface area contributed by atoms with Gasteiger partial charge in [0.15, 0.2) is 6.10 Å². The number of rotatable bonds is 6. The Balaban J connectivity index is 1.59. The maximum absolute atomic E-state index is 13.0. The third kappa shape index (κ3) is 5.03. The lowest BCUT2D eigenvalue weighted by Crippen LogP contribution is -2.52. The standard InChI is InChI=1S/C24H32N2O3/c1-17(2)22-11-6-18(3)16-23(22)29-19(4)24(27)26-14-12-25(13-15-26)20-7-9-21(28-5)10-8-20/h6-11,16-17,19H,12-15H2,1-5H3/t19-/m0/s1. The first kappa shape index (κ1) is 21.0. The molecule has 1 fully saturated rings. The third-order valence-corrected chi connectivity index (χ3v) is 5.47. The van der Waals surface area contributed by atoms with Gasteiger partial charge in [-0.2, -0.15) is 0 Å². The molecule has 0 saturated carbocycles. The molecule has 0 bridgehead atoms. The van der Waals surface area contributed by atoms with Crippen LogP contribution in [0.15, 0.2) is 42.5 Å². The number of anilines is 1. The van der Waals surface area contributed by atoms with Crippen molar-refractivity contribution in [3.63, 3.8) is 0 Å². The summed E-state index contributed by atoms with van der Waals surface area (Å²) in [5.74, 6) is 2.07. The van der Waals surface area contributed by atoms with Crippen LogP contribution < -0.4 is 14.4 Å². The van der Waals surface area contributed by atoms with E-state index >= 15 is 0 Å². The minimum Gasteiger partial charge on any atom is -0.497 e. The number of benzene rings is 2. The molecule has 2 aromatic rings. The number of hydrogen-bond donors (Lipinski definition) is 0. The topological polar surface area (TPSA) is 42.0 Å². The van der Waals surface area contributed by atoms with Crippen molar-refractivity contribution in [1.29, 1.82) is 0 Å². The molecule has 0 spiro atoms. The number of piperazine rings is 1. The molecule has 1 aliphatic heterocycles. The van der Waals surface area contributed by atoms with Crippen molar-refractivity contribution in [3.05, 3.63) is 53.6 Å². The molecule has 0 aromatic heterocycles. The quantitative estimate of drug-likeness (QED) is 0.732. The van der Waals surface area contributed by atoms with Gasteiger partial charge in [-0.15, -0.1) is 0 Å². The smallest absolute Gasteiger partial charge is 0.263 e. The number of nitrogens with zero attached hydrogens (tertiary/aromatic N) is 2. The van der Waals surface area contributed by atoms with Gasteiger partial charge in [0, 0.05) is 31.9 Å². The van der Waals surface area contributed by atoms with E-state index in [2.05, 4.69) is 43.0 Å². The van der Waals surface area contributed by atoms with Gasteiger partial charge in [-0.1, -0.05) is 26.0 Å². The number of carbonyl (C=O) groups is 1. The Bertz CT molecular complexity index is 825. The van der Waals surface area contributed by atoms with Crippen LogP contribution in [-0.2, 0) is 4.79 Å². The van der Waals surface area contributed by atoms with E-state index in [1.165, 1.54) is 0 Å². The monoisotopic (exact) mass is 396 g/mol. The highest BCUT2D eigenvalue weighted by Crippen LogP contribution is 2.29. The summed E-state index contributed by atoms with van der Waals surface area (Å²) < 4.78 is 11.3. The van der Waals surface area contributed by atoms with E-state index < -0.39 is 6.10 Å². The first-order chi connectivity index (χ1) is 13.9. The van der Waals surface area contributed by atoms with Crippen molar-refractivity contribution >= 4 is 11.6 Å². The molecule has 1 saturated heterocycles. The van der Waals surface area contributed by atoms with E-state index in [1.54, 1.807) is 7.11 Å². The molecule has 5 nitrogen and oxygen atoms in total. The third-order valence-electron chi connectivity index (χ3n) is 5.47. The molecule has 2 aromatic carbocycles. The fourth-order valence-electron chi connectivity index (χ4n) is 3.70. The fourth-order valence-corrected chi connectivity index (χ4v) is 3.70. The number of ether oxygens (including phenoxy) is 2. The van der Waals surface area contributed by atoms with E-state index in [0.717, 1.165) is 41.4 Å². The maximum atomic E-state index is 13.0. The summed E-state index contributed by atoms with van der Waals surface area (Å²) in [7, 11) is 1.67. The van der Waals surface area contributed by atoms with Crippen molar-refractivity contribution in [1.82, 2.24) is 4.90 Å². The fraction of sp³-hybridized carbons (Fsp3) is 0.458. The van der Waals surface area contributed by atoms with Gasteiger partial charge in [-0.25, -0.2) is 0 Å². The Labute approximate surface area is 174 Å². The van der Waals surface area contributed by atoms with E-state index in [4.69, 9.17) is 9.47 Å². The molecule has 1 aliphatic rings. The molecule has 0 N–H and O–H groups in total. The zero-order valence-corrected chi connectivity index (χ0v) is 18.1. The Morgan fingerprint density at radius 1 is 0.966 bits per heavy atom. The predicted molar refractivity (Wildman–Crippen MR) is 117 cm³/mol. The molecule has 0 radical (unpaired) electrons. The summed E-state index contributed by atoms with van der Waals surface area (Å²) in [6.45, 7) is 11.2. The lowest BCUT2D eigenvalue weighted by molar-refractivity contribution is -0.138. The van der Waals surface area contributed by atoms with Crippen LogP contribution >= 0.6 is 0 Å². The number of carbonyl (C=O) groups excluding carboxylic acids is 1. The van der Waals surface area contributed by atoms with Crippen molar-refractivity contribution in [2.24, 2.45) is 0 Å². The summed E-state index contributed by atoms with van der Waals surface area (Å²) in [4.78, 5) is 17.2. The van der Waals surface area contributed by atoms with E-state index in [-0.39, 0.29) is 5.91 Å². The summed E-state index contributed by atoms with van der Waals surface area (Å²) in [6, 6.07) is 14.3. The van der Waals surface area contributed by atoms with Crippen LogP contribution in [0.4, 0.5) is 5.69 Å². The van der Waals surface area contributed by atoms with Crippen molar-refractivity contribution in [2.75, 3.05) is 38.2 Å².